The van der Waals surface area contributed by atoms with Crippen LogP contribution in [0.2, 0.25) is 0 Å². The largest absolute Gasteiger partial charge is 0.479 e. The van der Waals surface area contributed by atoms with Crippen molar-refractivity contribution in [3.63, 3.8) is 0 Å². The van der Waals surface area contributed by atoms with Crippen LogP contribution in [0.5, 0.6) is 0 Å². The Kier molecular flexibility index (Phi) is 9.68. The minimum absolute atomic E-state index is 0.725. The average Bonchev–Trinajstić information content (AvgIpc) is 3.38. The van der Waals surface area contributed by atoms with Crippen LogP contribution in [0, 0.1) is 13.8 Å². The zero-order chi connectivity index (χ0) is 25.3. The lowest BCUT2D eigenvalue weighted by molar-refractivity contribution is -0.165. The molecule has 0 radical (unpaired) electrons. The summed E-state index contributed by atoms with van der Waals surface area (Å²) in [4.78, 5) is 26.3. The Morgan fingerprint density at radius 2 is 1.76 bits per heavy atom. The number of carboxylic acid groups (broad SMARTS) is 2. The third kappa shape index (κ3) is 7.96. The van der Waals surface area contributed by atoms with Gasteiger partial charge in [-0.25, -0.2) is 14.3 Å². The monoisotopic (exact) mass is 472 g/mol. The number of aliphatic hydroxyl groups excluding tert-OH is 2. The van der Waals surface area contributed by atoms with Crippen LogP contribution >= 0.6 is 0 Å². The molecule has 0 saturated heterocycles. The number of furan rings is 1. The molecule has 0 aliphatic heterocycles. The lowest BCUT2D eigenvalue weighted by Crippen LogP contribution is -2.39. The van der Waals surface area contributed by atoms with Crippen molar-refractivity contribution in [2.75, 3.05) is 0 Å². The van der Waals surface area contributed by atoms with Crippen LogP contribution in [0.1, 0.15) is 28.5 Å². The molecule has 3 rings (SSSR count). The second-order valence-corrected chi connectivity index (χ2v) is 7.45. The van der Waals surface area contributed by atoms with Crippen molar-refractivity contribution in [2.45, 2.75) is 45.7 Å². The molecule has 0 fully saturated rings. The molecule has 182 valence electrons. The number of hydrogen-bond donors (Lipinski definition) is 4. The number of aliphatic hydroxyl groups is 2. The molecule has 11 heteroatoms. The number of aryl methyl sites for hydroxylation is 2. The molecule has 0 aliphatic rings. The van der Waals surface area contributed by atoms with E-state index < -0.39 is 24.1 Å². The Hall–Kier alpha value is -3.80. The fourth-order valence-corrected chi connectivity index (χ4v) is 2.96. The predicted octanol–water partition coefficient (Wildman–Crippen LogP) is 1.67. The molecule has 3 aromatic heterocycles. The van der Waals surface area contributed by atoms with Crippen LogP contribution in [0.3, 0.4) is 0 Å². The van der Waals surface area contributed by atoms with Gasteiger partial charge in [0.2, 0.25) is 0 Å². The van der Waals surface area contributed by atoms with Gasteiger partial charge in [-0.15, -0.1) is 0 Å². The highest BCUT2D eigenvalue weighted by molar-refractivity contribution is 5.83. The van der Waals surface area contributed by atoms with Crippen LogP contribution in [0.4, 0.5) is 0 Å². The Balaban J connectivity index is 0.000000347. The molecule has 2 atom stereocenters. The Bertz CT molecular complexity index is 1080. The van der Waals surface area contributed by atoms with Crippen molar-refractivity contribution >= 4 is 18.1 Å². The zero-order valence-electron chi connectivity index (χ0n) is 18.9. The molecule has 3 heterocycles. The van der Waals surface area contributed by atoms with E-state index in [-0.39, 0.29) is 0 Å². The highest BCUT2D eigenvalue weighted by Crippen LogP contribution is 2.17. The minimum Gasteiger partial charge on any atom is -0.479 e. The van der Waals surface area contributed by atoms with E-state index in [4.69, 9.17) is 24.8 Å². The third-order valence-corrected chi connectivity index (χ3v) is 4.69. The van der Waals surface area contributed by atoms with E-state index in [2.05, 4.69) is 21.6 Å². The SMILES string of the molecule is C=Cn1cc(CN(Cc2ccccn2)Cc2ccc(C)o2)c(C)n1.O=C(O)C(O)C(O)C(=O)O. The summed E-state index contributed by atoms with van der Waals surface area (Å²) < 4.78 is 7.50. The fourth-order valence-electron chi connectivity index (χ4n) is 2.96. The number of carboxylic acids is 2. The van der Waals surface area contributed by atoms with Gasteiger partial charge in [0, 0.05) is 37.2 Å². The van der Waals surface area contributed by atoms with Gasteiger partial charge < -0.3 is 24.8 Å². The van der Waals surface area contributed by atoms with Crippen LogP contribution in [0.25, 0.3) is 6.20 Å². The van der Waals surface area contributed by atoms with Crippen LogP contribution in [-0.2, 0) is 29.2 Å². The topological polar surface area (TPSA) is 162 Å². The smallest absolute Gasteiger partial charge is 0.335 e. The lowest BCUT2D eigenvalue weighted by atomic mass is 10.2. The highest BCUT2D eigenvalue weighted by atomic mass is 16.4. The standard InChI is InChI=1S/C19H22N4O.C4H6O6/c1-4-23-12-17(16(3)21-23)11-22(13-18-7-5-6-10-20-18)14-19-9-8-15(2)24-19;5-1(3(7)8)2(6)4(9)10/h4-10,12H,1,11,13-14H2,2-3H3;1-2,5-6H,(H,7,8)(H,9,10). The quantitative estimate of drug-likeness (QED) is 0.341. The average molecular weight is 472 g/mol. The number of carbonyl (C=O) groups is 2. The first-order valence-electron chi connectivity index (χ1n) is 10.3. The third-order valence-electron chi connectivity index (χ3n) is 4.69. The van der Waals surface area contributed by atoms with Crippen LogP contribution < -0.4 is 0 Å². The number of pyridine rings is 1. The van der Waals surface area contributed by atoms with Gasteiger partial charge in [-0.05, 0) is 38.1 Å². The Labute approximate surface area is 196 Å². The van der Waals surface area contributed by atoms with Gasteiger partial charge in [0.1, 0.15) is 11.5 Å². The van der Waals surface area contributed by atoms with E-state index in [0.717, 1.165) is 42.5 Å². The second-order valence-electron chi connectivity index (χ2n) is 7.45. The maximum absolute atomic E-state index is 9.77. The van der Waals surface area contributed by atoms with Gasteiger partial charge in [0.25, 0.3) is 0 Å². The first-order chi connectivity index (χ1) is 16.1. The maximum atomic E-state index is 9.77. The molecule has 4 N–H and O–H groups in total. The molecule has 3 aromatic rings. The predicted molar refractivity (Wildman–Crippen MR) is 121 cm³/mol. The number of rotatable bonds is 10. The van der Waals surface area contributed by atoms with E-state index in [1.54, 1.807) is 10.9 Å². The van der Waals surface area contributed by atoms with Gasteiger partial charge in [-0.3, -0.25) is 9.88 Å². The Morgan fingerprint density at radius 3 is 2.24 bits per heavy atom. The summed E-state index contributed by atoms with van der Waals surface area (Å²) in [5.74, 6) is -1.65. The number of aromatic nitrogens is 3. The van der Waals surface area contributed by atoms with Crippen molar-refractivity contribution < 1.29 is 34.4 Å². The van der Waals surface area contributed by atoms with E-state index >= 15 is 0 Å². The fraction of sp³-hybridized carbons (Fsp3) is 0.304. The van der Waals surface area contributed by atoms with Gasteiger partial charge in [0.05, 0.1) is 17.9 Å². The molecular weight excluding hydrogens is 444 g/mol. The number of hydrogen-bond acceptors (Lipinski definition) is 8. The molecule has 2 unspecified atom stereocenters. The number of nitrogens with zero attached hydrogens (tertiary/aromatic N) is 4. The van der Waals surface area contributed by atoms with E-state index in [1.807, 2.05) is 56.6 Å². The molecule has 0 saturated carbocycles. The summed E-state index contributed by atoms with van der Waals surface area (Å²) in [6.07, 6.45) is 1.01. The molecule has 34 heavy (non-hydrogen) atoms. The zero-order valence-corrected chi connectivity index (χ0v) is 18.9. The lowest BCUT2D eigenvalue weighted by Gasteiger charge is -2.20. The van der Waals surface area contributed by atoms with E-state index in [9.17, 15) is 9.59 Å². The van der Waals surface area contributed by atoms with E-state index in [1.165, 1.54) is 5.56 Å². The molecule has 0 aromatic carbocycles. The van der Waals surface area contributed by atoms with E-state index in [0.29, 0.717) is 0 Å². The summed E-state index contributed by atoms with van der Waals surface area (Å²) in [5, 5.41) is 37.0. The highest BCUT2D eigenvalue weighted by Gasteiger charge is 2.29. The van der Waals surface area contributed by atoms with Crippen molar-refractivity contribution in [1.29, 1.82) is 0 Å². The van der Waals surface area contributed by atoms with Crippen molar-refractivity contribution in [3.8, 4) is 0 Å². The first kappa shape index (κ1) is 26.5. The van der Waals surface area contributed by atoms with Crippen molar-refractivity contribution in [3.05, 3.63) is 77.8 Å². The molecule has 0 bridgehead atoms. The molecule has 0 aliphatic carbocycles. The van der Waals surface area contributed by atoms with Gasteiger partial charge in [0.15, 0.2) is 12.2 Å². The normalized spacial score (nSPS) is 12.5. The summed E-state index contributed by atoms with van der Waals surface area (Å²) in [6.45, 7) is 10.00. The van der Waals surface area contributed by atoms with Gasteiger partial charge >= 0.3 is 11.9 Å². The first-order valence-corrected chi connectivity index (χ1v) is 10.3. The molecule has 11 nitrogen and oxygen atoms in total. The summed E-state index contributed by atoms with van der Waals surface area (Å²) in [7, 11) is 0. The van der Waals surface area contributed by atoms with Gasteiger partial charge in [-0.1, -0.05) is 12.6 Å². The van der Waals surface area contributed by atoms with Crippen molar-refractivity contribution in [2.24, 2.45) is 0 Å². The molecule has 0 spiro atoms. The Morgan fingerprint density at radius 1 is 1.09 bits per heavy atom. The summed E-state index contributed by atoms with van der Waals surface area (Å²) in [6, 6.07) is 10.0. The maximum Gasteiger partial charge on any atom is 0.335 e. The van der Waals surface area contributed by atoms with Crippen molar-refractivity contribution in [1.82, 2.24) is 19.7 Å². The summed E-state index contributed by atoms with van der Waals surface area (Å²) >= 11 is 0. The van der Waals surface area contributed by atoms with Crippen LogP contribution in [0.15, 0.2) is 53.7 Å². The molecular formula is C23H28N4O7. The number of aliphatic carboxylic acids is 2. The van der Waals surface area contributed by atoms with Crippen LogP contribution in [-0.4, -0.2) is 64.2 Å². The summed E-state index contributed by atoms with van der Waals surface area (Å²) in [5.41, 5.74) is 3.22. The second kappa shape index (κ2) is 12.4. The minimum atomic E-state index is -2.27. The van der Waals surface area contributed by atoms with Gasteiger partial charge in [-0.2, -0.15) is 5.10 Å². The molecule has 0 amide bonds.